The number of rotatable bonds is 8. The van der Waals surface area contributed by atoms with Gasteiger partial charge in [0, 0.05) is 26.8 Å². The third-order valence-electron chi connectivity index (χ3n) is 4.47. The van der Waals surface area contributed by atoms with Gasteiger partial charge in [-0.05, 0) is 31.4 Å². The van der Waals surface area contributed by atoms with Crippen LogP contribution in [0, 0.1) is 0 Å². The van der Waals surface area contributed by atoms with Crippen molar-refractivity contribution in [3.63, 3.8) is 0 Å². The van der Waals surface area contributed by atoms with Crippen LogP contribution in [0.25, 0.3) is 11.0 Å². The summed E-state index contributed by atoms with van der Waals surface area (Å²) in [6.45, 7) is 2.60. The summed E-state index contributed by atoms with van der Waals surface area (Å²) in [5, 5.41) is 2.84. The Hall–Kier alpha value is -2.12. The zero-order valence-corrected chi connectivity index (χ0v) is 14.6. The van der Waals surface area contributed by atoms with E-state index in [1.165, 1.54) is 4.57 Å². The van der Waals surface area contributed by atoms with E-state index >= 15 is 0 Å². The highest BCUT2D eigenvalue weighted by Crippen LogP contribution is 2.12. The molecule has 136 valence electrons. The molecule has 0 aliphatic carbocycles. The molecule has 2 heterocycles. The van der Waals surface area contributed by atoms with E-state index in [1.54, 1.807) is 11.6 Å². The molecule has 1 amide bonds. The van der Waals surface area contributed by atoms with Crippen molar-refractivity contribution >= 4 is 16.9 Å². The van der Waals surface area contributed by atoms with Crippen LogP contribution in [-0.4, -0.2) is 47.5 Å². The fourth-order valence-electron chi connectivity index (χ4n) is 3.11. The Morgan fingerprint density at radius 1 is 1.36 bits per heavy atom. The molecular weight excluding hydrogens is 322 g/mol. The fourth-order valence-corrected chi connectivity index (χ4v) is 3.11. The predicted molar refractivity (Wildman–Crippen MR) is 94.6 cm³/mol. The van der Waals surface area contributed by atoms with E-state index in [4.69, 9.17) is 9.47 Å². The number of aryl methyl sites for hydroxylation is 1. The molecule has 0 bridgehead atoms. The lowest BCUT2D eigenvalue weighted by Crippen LogP contribution is -2.33. The number of amides is 1. The van der Waals surface area contributed by atoms with Crippen molar-refractivity contribution in [2.45, 2.75) is 31.9 Å². The van der Waals surface area contributed by atoms with Crippen molar-refractivity contribution in [1.82, 2.24) is 14.5 Å². The van der Waals surface area contributed by atoms with Crippen LogP contribution < -0.4 is 11.0 Å². The molecule has 1 unspecified atom stereocenters. The van der Waals surface area contributed by atoms with Gasteiger partial charge in [0.05, 0.1) is 23.7 Å². The molecule has 7 nitrogen and oxygen atoms in total. The number of benzene rings is 1. The topological polar surface area (TPSA) is 74.5 Å². The summed E-state index contributed by atoms with van der Waals surface area (Å²) < 4.78 is 14.1. The number of carbonyl (C=O) groups is 1. The molecule has 1 aromatic heterocycles. The smallest absolute Gasteiger partial charge is 0.329 e. The molecule has 2 aromatic rings. The van der Waals surface area contributed by atoms with Gasteiger partial charge in [-0.15, -0.1) is 0 Å². The second-order valence-electron chi connectivity index (χ2n) is 6.33. The molecule has 1 aliphatic heterocycles. The summed E-state index contributed by atoms with van der Waals surface area (Å²) in [7, 11) is 1.71. The minimum atomic E-state index is -0.184. The predicted octanol–water partition coefficient (Wildman–Crippen LogP) is 1.04. The number of hydrogen-bond donors (Lipinski definition) is 1. The molecule has 1 aliphatic rings. The number of carbonyl (C=O) groups excluding carboxylic acids is 1. The van der Waals surface area contributed by atoms with Crippen molar-refractivity contribution in [3.05, 3.63) is 34.7 Å². The number of fused-ring (bicyclic) bond motifs is 1. The van der Waals surface area contributed by atoms with E-state index in [-0.39, 0.29) is 24.2 Å². The molecule has 0 saturated carbocycles. The first-order valence-corrected chi connectivity index (χ1v) is 8.77. The van der Waals surface area contributed by atoms with Crippen LogP contribution in [0.4, 0.5) is 0 Å². The molecule has 0 spiro atoms. The molecule has 7 heteroatoms. The third-order valence-corrected chi connectivity index (χ3v) is 4.47. The van der Waals surface area contributed by atoms with Crippen molar-refractivity contribution in [1.29, 1.82) is 0 Å². The normalized spacial score (nSPS) is 17.2. The van der Waals surface area contributed by atoms with Crippen LogP contribution in [0.15, 0.2) is 29.1 Å². The fraction of sp³-hybridized carbons (Fsp3) is 0.556. The van der Waals surface area contributed by atoms with E-state index < -0.39 is 0 Å². The maximum Gasteiger partial charge on any atom is 0.329 e. The molecule has 3 rings (SSSR count). The van der Waals surface area contributed by atoms with Crippen LogP contribution in [0.3, 0.4) is 0 Å². The number of ether oxygens (including phenoxy) is 2. The number of nitrogens with zero attached hydrogens (tertiary/aromatic N) is 2. The lowest BCUT2D eigenvalue weighted by atomic mass is 10.2. The second kappa shape index (κ2) is 8.31. The maximum absolute atomic E-state index is 12.3. The van der Waals surface area contributed by atoms with Gasteiger partial charge < -0.3 is 14.8 Å². The molecule has 1 aromatic carbocycles. The SMILES string of the molecule is Cn1c(=O)n(CC(=O)NCCCOCC2CCCO2)c2ccccc21. The molecule has 1 N–H and O–H groups in total. The van der Waals surface area contributed by atoms with Crippen LogP contribution in [-0.2, 0) is 27.9 Å². The zero-order valence-electron chi connectivity index (χ0n) is 14.6. The van der Waals surface area contributed by atoms with Crippen LogP contribution in [0.5, 0.6) is 0 Å². The summed E-state index contributed by atoms with van der Waals surface area (Å²) in [5.41, 5.74) is 1.41. The highest BCUT2D eigenvalue weighted by Gasteiger charge is 2.15. The minimum absolute atomic E-state index is 0.0248. The van der Waals surface area contributed by atoms with E-state index in [9.17, 15) is 9.59 Å². The molecule has 1 fully saturated rings. The van der Waals surface area contributed by atoms with E-state index in [2.05, 4.69) is 5.32 Å². The first-order valence-electron chi connectivity index (χ1n) is 8.77. The molecule has 1 saturated heterocycles. The monoisotopic (exact) mass is 347 g/mol. The third kappa shape index (κ3) is 4.29. The molecule has 25 heavy (non-hydrogen) atoms. The Balaban J connectivity index is 1.42. The summed E-state index contributed by atoms with van der Waals surface area (Å²) in [5.74, 6) is -0.169. The lowest BCUT2D eigenvalue weighted by Gasteiger charge is -2.10. The van der Waals surface area contributed by atoms with Gasteiger partial charge in [-0.1, -0.05) is 12.1 Å². The quantitative estimate of drug-likeness (QED) is 0.724. The minimum Gasteiger partial charge on any atom is -0.379 e. The second-order valence-corrected chi connectivity index (χ2v) is 6.33. The molecule has 0 radical (unpaired) electrons. The van der Waals surface area contributed by atoms with Crippen LogP contribution >= 0.6 is 0 Å². The number of aromatic nitrogens is 2. The highest BCUT2D eigenvalue weighted by molar-refractivity contribution is 5.80. The van der Waals surface area contributed by atoms with Crippen molar-refractivity contribution in [2.24, 2.45) is 7.05 Å². The zero-order chi connectivity index (χ0) is 17.6. The number of hydrogen-bond acceptors (Lipinski definition) is 4. The first kappa shape index (κ1) is 17.7. The van der Waals surface area contributed by atoms with E-state index in [0.717, 1.165) is 36.9 Å². The average molecular weight is 347 g/mol. The van der Waals surface area contributed by atoms with Gasteiger partial charge in [0.15, 0.2) is 0 Å². The molecule has 1 atom stereocenters. The first-order chi connectivity index (χ1) is 12.2. The van der Waals surface area contributed by atoms with Gasteiger partial charge in [-0.25, -0.2) is 4.79 Å². The van der Waals surface area contributed by atoms with Gasteiger partial charge in [0.2, 0.25) is 5.91 Å². The Morgan fingerprint density at radius 3 is 2.92 bits per heavy atom. The van der Waals surface area contributed by atoms with Crippen molar-refractivity contribution < 1.29 is 14.3 Å². The Bertz CT molecular complexity index is 774. The number of nitrogens with one attached hydrogen (secondary N) is 1. The highest BCUT2D eigenvalue weighted by atomic mass is 16.5. The largest absolute Gasteiger partial charge is 0.379 e. The summed E-state index contributed by atoms with van der Waals surface area (Å²) in [6, 6.07) is 7.46. The average Bonchev–Trinajstić information content (AvgIpc) is 3.22. The standard InChI is InChI=1S/C18H25N3O4/c1-20-15-7-2-3-8-16(15)21(18(20)23)12-17(22)19-9-5-10-24-13-14-6-4-11-25-14/h2-3,7-8,14H,4-6,9-13H2,1H3,(H,19,22). The van der Waals surface area contributed by atoms with Crippen LogP contribution in [0.1, 0.15) is 19.3 Å². The van der Waals surface area contributed by atoms with E-state index in [0.29, 0.717) is 19.8 Å². The van der Waals surface area contributed by atoms with Gasteiger partial charge in [-0.3, -0.25) is 13.9 Å². The number of imidazole rings is 1. The van der Waals surface area contributed by atoms with E-state index in [1.807, 2.05) is 24.3 Å². The van der Waals surface area contributed by atoms with Gasteiger partial charge >= 0.3 is 5.69 Å². The van der Waals surface area contributed by atoms with Gasteiger partial charge in [0.25, 0.3) is 0 Å². The Morgan fingerprint density at radius 2 is 2.16 bits per heavy atom. The summed E-state index contributed by atoms with van der Waals surface area (Å²) in [4.78, 5) is 24.4. The van der Waals surface area contributed by atoms with Gasteiger partial charge in [0.1, 0.15) is 6.54 Å². The van der Waals surface area contributed by atoms with Crippen LogP contribution in [0.2, 0.25) is 0 Å². The maximum atomic E-state index is 12.3. The summed E-state index contributed by atoms with van der Waals surface area (Å²) in [6.07, 6.45) is 3.14. The Labute approximate surface area is 146 Å². The van der Waals surface area contributed by atoms with Crippen molar-refractivity contribution in [3.8, 4) is 0 Å². The lowest BCUT2D eigenvalue weighted by molar-refractivity contribution is -0.121. The molecular formula is C18H25N3O4. The summed E-state index contributed by atoms with van der Waals surface area (Å²) >= 11 is 0. The van der Waals surface area contributed by atoms with Gasteiger partial charge in [-0.2, -0.15) is 0 Å². The number of para-hydroxylation sites is 2. The Kier molecular flexibility index (Phi) is 5.88. The van der Waals surface area contributed by atoms with Crippen molar-refractivity contribution in [2.75, 3.05) is 26.4 Å².